The number of aromatic nitrogens is 2. The van der Waals surface area contributed by atoms with Crippen molar-refractivity contribution in [2.24, 2.45) is 0 Å². The molecule has 0 bridgehead atoms. The second-order valence-electron chi connectivity index (χ2n) is 3.99. The van der Waals surface area contributed by atoms with Gasteiger partial charge in [0.1, 0.15) is 18.6 Å². The molecule has 8 nitrogen and oxygen atoms in total. The summed E-state index contributed by atoms with van der Waals surface area (Å²) in [4.78, 5) is 20.8. The van der Waals surface area contributed by atoms with Crippen LogP contribution in [-0.2, 0) is 6.54 Å². The van der Waals surface area contributed by atoms with E-state index in [1.807, 2.05) is 6.07 Å². The van der Waals surface area contributed by atoms with Crippen LogP contribution in [0.4, 0.5) is 5.69 Å². The molecule has 0 unspecified atom stereocenters. The zero-order chi connectivity index (χ0) is 15.4. The van der Waals surface area contributed by atoms with Gasteiger partial charge in [0.25, 0.3) is 0 Å². The predicted molar refractivity (Wildman–Crippen MR) is 75.5 cm³/mol. The van der Waals surface area contributed by atoms with Crippen molar-refractivity contribution in [3.05, 3.63) is 50.7 Å². The van der Waals surface area contributed by atoms with Gasteiger partial charge in [0.2, 0.25) is 5.69 Å². The minimum absolute atomic E-state index is 0.195. The Hall–Kier alpha value is -2.42. The monoisotopic (exact) mass is 355 g/mol. The van der Waals surface area contributed by atoms with E-state index in [2.05, 4.69) is 21.0 Å². The Morgan fingerprint density at radius 3 is 2.86 bits per heavy atom. The second kappa shape index (κ2) is 6.35. The van der Waals surface area contributed by atoms with Crippen LogP contribution >= 0.6 is 15.9 Å². The normalized spacial score (nSPS) is 10.3. The molecule has 21 heavy (non-hydrogen) atoms. The fourth-order valence-electron chi connectivity index (χ4n) is 1.63. The third-order valence-corrected chi connectivity index (χ3v) is 3.02. The van der Waals surface area contributed by atoms with Crippen molar-refractivity contribution < 1.29 is 19.6 Å². The van der Waals surface area contributed by atoms with Gasteiger partial charge < -0.3 is 9.84 Å². The van der Waals surface area contributed by atoms with Gasteiger partial charge in [0.05, 0.1) is 11.5 Å². The van der Waals surface area contributed by atoms with Gasteiger partial charge in [0.15, 0.2) is 0 Å². The van der Waals surface area contributed by atoms with Crippen LogP contribution in [0.1, 0.15) is 10.5 Å². The maximum atomic E-state index is 10.9. The molecule has 1 aromatic heterocycles. The summed E-state index contributed by atoms with van der Waals surface area (Å²) in [6.07, 6.45) is 1.08. The summed E-state index contributed by atoms with van der Waals surface area (Å²) in [5.74, 6) is -0.808. The first-order valence-corrected chi connectivity index (χ1v) is 6.60. The molecule has 0 saturated heterocycles. The average Bonchev–Trinajstić information content (AvgIpc) is 2.83. The lowest BCUT2D eigenvalue weighted by atomic mass is 10.3. The molecule has 1 aromatic carbocycles. The molecule has 1 heterocycles. The Morgan fingerprint density at radius 2 is 2.29 bits per heavy atom. The number of hydrogen-bond donors (Lipinski definition) is 1. The van der Waals surface area contributed by atoms with Crippen LogP contribution in [0.5, 0.6) is 5.75 Å². The molecule has 0 radical (unpaired) electrons. The molecule has 0 atom stereocenters. The number of halogens is 1. The minimum atomic E-state index is -1.44. The number of rotatable bonds is 6. The van der Waals surface area contributed by atoms with Crippen LogP contribution in [0.2, 0.25) is 0 Å². The third-order valence-electron chi connectivity index (χ3n) is 2.53. The third kappa shape index (κ3) is 3.78. The van der Waals surface area contributed by atoms with E-state index in [-0.39, 0.29) is 13.2 Å². The molecule has 0 spiro atoms. The number of nitro groups is 1. The SMILES string of the molecule is O=C(O)c1nn(CCOc2cccc(Br)c2)cc1[N+](=O)[O-]. The molecule has 9 heteroatoms. The first-order chi connectivity index (χ1) is 9.97. The van der Waals surface area contributed by atoms with E-state index in [0.29, 0.717) is 5.75 Å². The highest BCUT2D eigenvalue weighted by Crippen LogP contribution is 2.18. The van der Waals surface area contributed by atoms with Crippen molar-refractivity contribution in [2.45, 2.75) is 6.54 Å². The number of benzene rings is 1. The van der Waals surface area contributed by atoms with E-state index in [1.165, 1.54) is 4.68 Å². The smallest absolute Gasteiger partial charge is 0.363 e. The number of carbonyl (C=O) groups is 1. The van der Waals surface area contributed by atoms with Crippen molar-refractivity contribution in [3.8, 4) is 5.75 Å². The largest absolute Gasteiger partial charge is 0.492 e. The molecule has 2 aromatic rings. The lowest BCUT2D eigenvalue weighted by molar-refractivity contribution is -0.385. The average molecular weight is 356 g/mol. The van der Waals surface area contributed by atoms with E-state index < -0.39 is 22.3 Å². The topological polar surface area (TPSA) is 107 Å². The van der Waals surface area contributed by atoms with E-state index in [1.54, 1.807) is 18.2 Å². The maximum absolute atomic E-state index is 10.9. The summed E-state index contributed by atoms with van der Waals surface area (Å²) >= 11 is 3.31. The summed E-state index contributed by atoms with van der Waals surface area (Å²) in [6, 6.07) is 7.19. The molecular weight excluding hydrogens is 346 g/mol. The van der Waals surface area contributed by atoms with E-state index in [4.69, 9.17) is 9.84 Å². The highest BCUT2D eigenvalue weighted by Gasteiger charge is 2.24. The van der Waals surface area contributed by atoms with Crippen LogP contribution < -0.4 is 4.74 Å². The molecular formula is C12H10BrN3O5. The minimum Gasteiger partial charge on any atom is -0.492 e. The molecule has 2 rings (SSSR count). The Labute approximate surface area is 127 Å². The standard InChI is InChI=1S/C12H10BrN3O5/c13-8-2-1-3-9(6-8)21-5-4-15-7-10(16(19)20)11(14-15)12(17)18/h1-3,6-7H,4-5H2,(H,17,18). The molecule has 0 aliphatic rings. The van der Waals surface area contributed by atoms with Crippen molar-refractivity contribution in [3.63, 3.8) is 0 Å². The fraction of sp³-hybridized carbons (Fsp3) is 0.167. The molecule has 1 N–H and O–H groups in total. The highest BCUT2D eigenvalue weighted by molar-refractivity contribution is 9.10. The number of nitrogens with zero attached hydrogens (tertiary/aromatic N) is 3. The number of ether oxygens (including phenoxy) is 1. The van der Waals surface area contributed by atoms with Gasteiger partial charge in [-0.25, -0.2) is 4.79 Å². The summed E-state index contributed by atoms with van der Waals surface area (Å²) in [6.45, 7) is 0.398. The molecule has 0 aliphatic heterocycles. The predicted octanol–water partition coefficient (Wildman–Crippen LogP) is 2.33. The summed E-state index contributed by atoms with van der Waals surface area (Å²) in [5, 5.41) is 23.2. The van der Waals surface area contributed by atoms with Crippen LogP contribution in [0.15, 0.2) is 34.9 Å². The van der Waals surface area contributed by atoms with Crippen molar-refractivity contribution in [2.75, 3.05) is 6.61 Å². The van der Waals surface area contributed by atoms with Gasteiger partial charge in [-0.1, -0.05) is 22.0 Å². The van der Waals surface area contributed by atoms with Crippen LogP contribution in [0, 0.1) is 10.1 Å². The van der Waals surface area contributed by atoms with E-state index >= 15 is 0 Å². The number of hydrogen-bond acceptors (Lipinski definition) is 5. The van der Waals surface area contributed by atoms with Gasteiger partial charge in [-0.15, -0.1) is 0 Å². The van der Waals surface area contributed by atoms with Gasteiger partial charge >= 0.3 is 11.7 Å². The van der Waals surface area contributed by atoms with Crippen LogP contribution in [-0.4, -0.2) is 32.4 Å². The number of carboxylic acid groups (broad SMARTS) is 1. The molecule has 0 fully saturated rings. The Kier molecular flexibility index (Phi) is 4.53. The molecule has 0 amide bonds. The summed E-state index contributed by atoms with van der Waals surface area (Å²) in [5.41, 5.74) is -1.12. The lowest BCUT2D eigenvalue weighted by Gasteiger charge is -2.06. The van der Waals surface area contributed by atoms with E-state index in [0.717, 1.165) is 10.7 Å². The lowest BCUT2D eigenvalue weighted by Crippen LogP contribution is -2.09. The fourth-order valence-corrected chi connectivity index (χ4v) is 2.00. The van der Waals surface area contributed by atoms with Gasteiger partial charge in [-0.2, -0.15) is 5.10 Å². The zero-order valence-corrected chi connectivity index (χ0v) is 12.2. The quantitative estimate of drug-likeness (QED) is 0.629. The Balaban J connectivity index is 2.02. The van der Waals surface area contributed by atoms with Crippen LogP contribution in [0.3, 0.4) is 0 Å². The zero-order valence-electron chi connectivity index (χ0n) is 10.6. The number of carboxylic acids is 1. The summed E-state index contributed by atoms with van der Waals surface area (Å²) < 4.78 is 7.50. The maximum Gasteiger partial charge on any atom is 0.363 e. The van der Waals surface area contributed by atoms with Gasteiger partial charge in [-0.05, 0) is 18.2 Å². The Morgan fingerprint density at radius 1 is 1.52 bits per heavy atom. The van der Waals surface area contributed by atoms with Gasteiger partial charge in [0, 0.05) is 4.47 Å². The van der Waals surface area contributed by atoms with Crippen molar-refractivity contribution in [1.82, 2.24) is 9.78 Å². The van der Waals surface area contributed by atoms with Crippen molar-refractivity contribution in [1.29, 1.82) is 0 Å². The van der Waals surface area contributed by atoms with Crippen LogP contribution in [0.25, 0.3) is 0 Å². The molecule has 110 valence electrons. The first-order valence-electron chi connectivity index (χ1n) is 5.81. The number of aromatic carboxylic acids is 1. The first kappa shape index (κ1) is 15.0. The highest BCUT2D eigenvalue weighted by atomic mass is 79.9. The molecule has 0 saturated carbocycles. The van der Waals surface area contributed by atoms with E-state index in [9.17, 15) is 14.9 Å². The summed E-state index contributed by atoms with van der Waals surface area (Å²) in [7, 11) is 0. The van der Waals surface area contributed by atoms with Gasteiger partial charge in [-0.3, -0.25) is 14.8 Å². The molecule has 0 aliphatic carbocycles. The Bertz CT molecular complexity index is 654. The second-order valence-corrected chi connectivity index (χ2v) is 4.91. The van der Waals surface area contributed by atoms with Crippen molar-refractivity contribution >= 4 is 27.6 Å².